The first-order valence-corrected chi connectivity index (χ1v) is 3.92. The molecule has 0 saturated heterocycles. The van der Waals surface area contributed by atoms with Gasteiger partial charge in [-0.25, -0.2) is 14.0 Å². The number of methoxy groups -OCH3 is 1. The number of halogens is 1. The second kappa shape index (κ2) is 4.41. The molecule has 0 heterocycles. The standard InChI is InChI=1S/C9H8FNO4/c1-15-9(14)11-7-3-2-5(8(12)13)4-6(7)10/h2-4H,1H3,(H,11,14)(H,12,13). The van der Waals surface area contributed by atoms with Crippen molar-refractivity contribution in [3.05, 3.63) is 29.6 Å². The van der Waals surface area contributed by atoms with Crippen LogP contribution in [0.5, 0.6) is 0 Å². The highest BCUT2D eigenvalue weighted by Gasteiger charge is 2.10. The number of hydrogen-bond acceptors (Lipinski definition) is 3. The van der Waals surface area contributed by atoms with Gasteiger partial charge in [0.25, 0.3) is 0 Å². The molecule has 0 aliphatic rings. The summed E-state index contributed by atoms with van der Waals surface area (Å²) < 4.78 is 17.4. The van der Waals surface area contributed by atoms with Crippen molar-refractivity contribution in [3.63, 3.8) is 0 Å². The summed E-state index contributed by atoms with van der Waals surface area (Å²) in [6, 6.07) is 3.14. The second-order valence-corrected chi connectivity index (χ2v) is 2.62. The van der Waals surface area contributed by atoms with Crippen LogP contribution in [0.2, 0.25) is 0 Å². The summed E-state index contributed by atoms with van der Waals surface area (Å²) in [5, 5.41) is 10.6. The first-order valence-electron chi connectivity index (χ1n) is 3.92. The van der Waals surface area contributed by atoms with Crippen molar-refractivity contribution in [2.75, 3.05) is 12.4 Å². The zero-order valence-corrected chi connectivity index (χ0v) is 7.78. The topological polar surface area (TPSA) is 75.6 Å². The molecule has 1 aromatic carbocycles. The molecule has 1 aromatic rings. The molecule has 15 heavy (non-hydrogen) atoms. The average Bonchev–Trinajstić information content (AvgIpc) is 2.20. The van der Waals surface area contributed by atoms with Crippen molar-refractivity contribution in [2.45, 2.75) is 0 Å². The molecule has 80 valence electrons. The number of anilines is 1. The van der Waals surface area contributed by atoms with Gasteiger partial charge in [-0.15, -0.1) is 0 Å². The van der Waals surface area contributed by atoms with Crippen LogP contribution in [0.4, 0.5) is 14.9 Å². The van der Waals surface area contributed by atoms with E-state index in [1.54, 1.807) is 0 Å². The number of ether oxygens (including phenoxy) is 1. The molecule has 1 amide bonds. The van der Waals surface area contributed by atoms with Crippen LogP contribution in [0.1, 0.15) is 10.4 Å². The van der Waals surface area contributed by atoms with Gasteiger partial charge in [0.05, 0.1) is 18.4 Å². The number of carbonyl (C=O) groups is 2. The summed E-state index contributed by atoms with van der Waals surface area (Å²) >= 11 is 0. The molecule has 2 N–H and O–H groups in total. The highest BCUT2D eigenvalue weighted by molar-refractivity contribution is 5.89. The number of aromatic carboxylic acids is 1. The predicted molar refractivity (Wildman–Crippen MR) is 49.4 cm³/mol. The number of nitrogens with one attached hydrogen (secondary N) is 1. The molecule has 1 rings (SSSR count). The number of carbonyl (C=O) groups excluding carboxylic acids is 1. The lowest BCUT2D eigenvalue weighted by molar-refractivity contribution is 0.0696. The highest BCUT2D eigenvalue weighted by atomic mass is 19.1. The predicted octanol–water partition coefficient (Wildman–Crippen LogP) is 1.70. The number of carboxylic acids is 1. The molecule has 6 heteroatoms. The molecular weight excluding hydrogens is 205 g/mol. The fraction of sp³-hybridized carbons (Fsp3) is 0.111. The molecule has 5 nitrogen and oxygen atoms in total. The van der Waals surface area contributed by atoms with Crippen LogP contribution >= 0.6 is 0 Å². The number of carboxylic acid groups (broad SMARTS) is 1. The molecule has 0 atom stereocenters. The molecular formula is C9H8FNO4. The molecule has 0 bridgehead atoms. The third-order valence-corrected chi connectivity index (χ3v) is 1.64. The van der Waals surface area contributed by atoms with Gasteiger partial charge in [0, 0.05) is 0 Å². The molecule has 0 spiro atoms. The van der Waals surface area contributed by atoms with E-state index in [1.807, 2.05) is 0 Å². The van der Waals surface area contributed by atoms with E-state index in [1.165, 1.54) is 6.07 Å². The van der Waals surface area contributed by atoms with Crippen LogP contribution in [0.25, 0.3) is 0 Å². The Balaban J connectivity index is 2.93. The summed E-state index contributed by atoms with van der Waals surface area (Å²) in [6.45, 7) is 0. The van der Waals surface area contributed by atoms with Crippen molar-refractivity contribution in [3.8, 4) is 0 Å². The molecule has 0 aromatic heterocycles. The van der Waals surface area contributed by atoms with Gasteiger partial charge in [-0.3, -0.25) is 5.32 Å². The van der Waals surface area contributed by atoms with E-state index in [9.17, 15) is 14.0 Å². The van der Waals surface area contributed by atoms with Crippen LogP contribution in [0, 0.1) is 5.82 Å². The molecule has 0 aliphatic heterocycles. The van der Waals surface area contributed by atoms with Gasteiger partial charge in [0.15, 0.2) is 0 Å². The minimum absolute atomic E-state index is 0.133. The number of benzene rings is 1. The zero-order chi connectivity index (χ0) is 11.4. The minimum Gasteiger partial charge on any atom is -0.478 e. The number of hydrogen-bond donors (Lipinski definition) is 2. The van der Waals surface area contributed by atoms with E-state index in [0.717, 1.165) is 19.2 Å². The Morgan fingerprint density at radius 1 is 1.47 bits per heavy atom. The smallest absolute Gasteiger partial charge is 0.411 e. The molecule has 0 fully saturated rings. The highest BCUT2D eigenvalue weighted by Crippen LogP contribution is 2.15. The first kappa shape index (κ1) is 11.0. The van der Waals surface area contributed by atoms with Gasteiger partial charge in [-0.1, -0.05) is 0 Å². The maximum absolute atomic E-state index is 13.2. The summed E-state index contributed by atoms with van der Waals surface area (Å²) in [7, 11) is 1.14. The lowest BCUT2D eigenvalue weighted by Crippen LogP contribution is -2.12. The third-order valence-electron chi connectivity index (χ3n) is 1.64. The lowest BCUT2D eigenvalue weighted by Gasteiger charge is -2.05. The van der Waals surface area contributed by atoms with Crippen LogP contribution in [-0.4, -0.2) is 24.3 Å². The van der Waals surface area contributed by atoms with E-state index >= 15 is 0 Å². The largest absolute Gasteiger partial charge is 0.478 e. The van der Waals surface area contributed by atoms with E-state index < -0.39 is 17.9 Å². The normalized spacial score (nSPS) is 9.47. The Bertz CT molecular complexity index is 405. The quantitative estimate of drug-likeness (QED) is 0.783. The fourth-order valence-electron chi connectivity index (χ4n) is 0.910. The first-order chi connectivity index (χ1) is 7.04. The Morgan fingerprint density at radius 2 is 2.13 bits per heavy atom. The van der Waals surface area contributed by atoms with Gasteiger partial charge >= 0.3 is 12.1 Å². The average molecular weight is 213 g/mol. The van der Waals surface area contributed by atoms with Crippen LogP contribution in [-0.2, 0) is 4.74 Å². The number of rotatable bonds is 2. The van der Waals surface area contributed by atoms with Gasteiger partial charge in [-0.2, -0.15) is 0 Å². The van der Waals surface area contributed by atoms with Crippen molar-refractivity contribution in [1.29, 1.82) is 0 Å². The van der Waals surface area contributed by atoms with E-state index in [2.05, 4.69) is 10.1 Å². The van der Waals surface area contributed by atoms with Crippen molar-refractivity contribution >= 4 is 17.7 Å². The van der Waals surface area contributed by atoms with Crippen LogP contribution in [0.15, 0.2) is 18.2 Å². The maximum Gasteiger partial charge on any atom is 0.411 e. The second-order valence-electron chi connectivity index (χ2n) is 2.62. The SMILES string of the molecule is COC(=O)Nc1ccc(C(=O)O)cc1F. The molecule has 0 saturated carbocycles. The summed E-state index contributed by atoms with van der Waals surface area (Å²) in [4.78, 5) is 21.2. The fourth-order valence-corrected chi connectivity index (χ4v) is 0.910. The molecule has 0 unspecified atom stereocenters. The van der Waals surface area contributed by atoms with Gasteiger partial charge in [0.2, 0.25) is 0 Å². The van der Waals surface area contributed by atoms with Crippen molar-refractivity contribution < 1.29 is 23.8 Å². The van der Waals surface area contributed by atoms with Gasteiger partial charge < -0.3 is 9.84 Å². The number of amides is 1. The van der Waals surface area contributed by atoms with Gasteiger partial charge in [-0.05, 0) is 18.2 Å². The Labute approximate surface area is 84.5 Å². The Hall–Kier alpha value is -2.11. The van der Waals surface area contributed by atoms with Crippen LogP contribution < -0.4 is 5.32 Å². The third kappa shape index (κ3) is 2.67. The Kier molecular flexibility index (Phi) is 3.22. The van der Waals surface area contributed by atoms with Gasteiger partial charge in [0.1, 0.15) is 5.82 Å². The van der Waals surface area contributed by atoms with E-state index in [4.69, 9.17) is 5.11 Å². The summed E-state index contributed by atoms with van der Waals surface area (Å²) in [5.74, 6) is -2.07. The summed E-state index contributed by atoms with van der Waals surface area (Å²) in [5.41, 5.74) is -0.324. The summed E-state index contributed by atoms with van der Waals surface area (Å²) in [6.07, 6.45) is -0.822. The lowest BCUT2D eigenvalue weighted by atomic mass is 10.2. The van der Waals surface area contributed by atoms with E-state index in [0.29, 0.717) is 0 Å². The van der Waals surface area contributed by atoms with E-state index in [-0.39, 0.29) is 11.3 Å². The Morgan fingerprint density at radius 3 is 2.60 bits per heavy atom. The monoisotopic (exact) mass is 213 g/mol. The zero-order valence-electron chi connectivity index (χ0n) is 7.78. The maximum atomic E-state index is 13.2. The van der Waals surface area contributed by atoms with Crippen molar-refractivity contribution in [1.82, 2.24) is 0 Å². The molecule has 0 radical (unpaired) electrons. The van der Waals surface area contributed by atoms with Crippen molar-refractivity contribution in [2.24, 2.45) is 0 Å². The minimum atomic E-state index is -1.24. The van der Waals surface area contributed by atoms with Crippen LogP contribution in [0.3, 0.4) is 0 Å². The molecule has 0 aliphatic carbocycles.